The van der Waals surface area contributed by atoms with E-state index >= 15 is 0 Å². The van der Waals surface area contributed by atoms with Crippen LogP contribution in [-0.2, 0) is 0 Å². The molecule has 1 saturated heterocycles. The molecular formula is C18H27FN2. The molecule has 1 N–H and O–H groups in total. The number of aryl methyl sites for hydroxylation is 1. The van der Waals surface area contributed by atoms with E-state index in [9.17, 15) is 4.39 Å². The van der Waals surface area contributed by atoms with E-state index in [1.165, 1.54) is 32.1 Å². The maximum Gasteiger partial charge on any atom is 0.146 e. The van der Waals surface area contributed by atoms with Crippen LogP contribution in [0.4, 0.5) is 10.1 Å². The highest BCUT2D eigenvalue weighted by atomic mass is 19.1. The Labute approximate surface area is 127 Å². The molecule has 1 heterocycles. The first-order valence-corrected chi connectivity index (χ1v) is 8.42. The summed E-state index contributed by atoms with van der Waals surface area (Å²) in [5, 5.41) is 3.81. The number of para-hydroxylation sites is 1. The Morgan fingerprint density at radius 3 is 2.71 bits per heavy atom. The molecule has 3 rings (SSSR count). The standard InChI is InChI=1S/C18H27FN2/c1-3-15-12-20-18(10-5-4-6-11-18)13-21(15)17-14(2)8-7-9-16(17)19/h7-9,15,20H,3-6,10-13H2,1-2H3. The number of anilines is 1. The number of hydrogen-bond donors (Lipinski definition) is 1. The molecule has 21 heavy (non-hydrogen) atoms. The SMILES string of the molecule is CCC1CNC2(CCCCC2)CN1c1c(C)cccc1F. The Hall–Kier alpha value is -1.09. The van der Waals surface area contributed by atoms with Gasteiger partial charge in [0.2, 0.25) is 0 Å². The van der Waals surface area contributed by atoms with Gasteiger partial charge >= 0.3 is 0 Å². The second-order valence-corrected chi connectivity index (χ2v) is 6.82. The lowest BCUT2D eigenvalue weighted by molar-refractivity contribution is 0.195. The number of benzene rings is 1. The first-order chi connectivity index (χ1) is 10.2. The van der Waals surface area contributed by atoms with E-state index in [1.807, 2.05) is 19.1 Å². The van der Waals surface area contributed by atoms with Gasteiger partial charge in [-0.3, -0.25) is 0 Å². The Kier molecular flexibility index (Phi) is 4.21. The summed E-state index contributed by atoms with van der Waals surface area (Å²) in [5.41, 5.74) is 2.09. The van der Waals surface area contributed by atoms with Crippen LogP contribution in [0.2, 0.25) is 0 Å². The maximum absolute atomic E-state index is 14.4. The second kappa shape index (κ2) is 5.96. The Bertz CT molecular complexity index is 474. The van der Waals surface area contributed by atoms with Gasteiger partial charge in [-0.15, -0.1) is 0 Å². The minimum Gasteiger partial charge on any atom is -0.363 e. The van der Waals surface area contributed by atoms with E-state index in [0.717, 1.165) is 30.8 Å². The Balaban J connectivity index is 1.92. The van der Waals surface area contributed by atoms with E-state index in [4.69, 9.17) is 0 Å². The molecule has 3 heteroatoms. The van der Waals surface area contributed by atoms with Crippen molar-refractivity contribution in [3.05, 3.63) is 29.6 Å². The van der Waals surface area contributed by atoms with Crippen LogP contribution in [0.1, 0.15) is 51.0 Å². The van der Waals surface area contributed by atoms with Crippen molar-refractivity contribution in [1.82, 2.24) is 5.32 Å². The van der Waals surface area contributed by atoms with Crippen molar-refractivity contribution in [3.63, 3.8) is 0 Å². The van der Waals surface area contributed by atoms with Crippen LogP contribution in [0, 0.1) is 12.7 Å². The molecule has 0 bridgehead atoms. The number of piperazine rings is 1. The van der Waals surface area contributed by atoms with Crippen LogP contribution in [0.3, 0.4) is 0 Å². The number of nitrogens with zero attached hydrogens (tertiary/aromatic N) is 1. The van der Waals surface area contributed by atoms with Gasteiger partial charge in [0.05, 0.1) is 5.69 Å². The smallest absolute Gasteiger partial charge is 0.146 e. The van der Waals surface area contributed by atoms with Crippen molar-refractivity contribution in [2.24, 2.45) is 0 Å². The largest absolute Gasteiger partial charge is 0.363 e. The van der Waals surface area contributed by atoms with Gasteiger partial charge in [0.25, 0.3) is 0 Å². The molecule has 0 aromatic heterocycles. The van der Waals surface area contributed by atoms with Gasteiger partial charge in [0, 0.05) is 24.7 Å². The normalized spacial score (nSPS) is 25.3. The van der Waals surface area contributed by atoms with Gasteiger partial charge in [0.1, 0.15) is 5.82 Å². The zero-order valence-electron chi connectivity index (χ0n) is 13.3. The Morgan fingerprint density at radius 1 is 1.29 bits per heavy atom. The van der Waals surface area contributed by atoms with Gasteiger partial charge in [-0.1, -0.05) is 38.3 Å². The highest BCUT2D eigenvalue weighted by Crippen LogP contribution is 2.36. The summed E-state index contributed by atoms with van der Waals surface area (Å²) in [6.07, 6.45) is 7.46. The summed E-state index contributed by atoms with van der Waals surface area (Å²) in [7, 11) is 0. The van der Waals surface area contributed by atoms with Crippen LogP contribution in [-0.4, -0.2) is 24.7 Å². The first kappa shape index (κ1) is 14.8. The van der Waals surface area contributed by atoms with Crippen molar-refractivity contribution in [2.45, 2.75) is 64.0 Å². The van der Waals surface area contributed by atoms with Gasteiger partial charge in [-0.05, 0) is 37.8 Å². The highest BCUT2D eigenvalue weighted by Gasteiger charge is 2.40. The van der Waals surface area contributed by atoms with E-state index in [0.29, 0.717) is 6.04 Å². The molecule has 2 fully saturated rings. The van der Waals surface area contributed by atoms with Crippen LogP contribution in [0.15, 0.2) is 18.2 Å². The molecule has 2 aliphatic rings. The van der Waals surface area contributed by atoms with Gasteiger partial charge in [-0.2, -0.15) is 0 Å². The zero-order valence-corrected chi connectivity index (χ0v) is 13.3. The molecule has 1 atom stereocenters. The van der Waals surface area contributed by atoms with E-state index in [2.05, 4.69) is 17.1 Å². The van der Waals surface area contributed by atoms with Crippen molar-refractivity contribution < 1.29 is 4.39 Å². The number of hydrogen-bond acceptors (Lipinski definition) is 2. The van der Waals surface area contributed by atoms with Crippen molar-refractivity contribution in [1.29, 1.82) is 0 Å². The fourth-order valence-electron chi connectivity index (χ4n) is 4.13. The monoisotopic (exact) mass is 290 g/mol. The summed E-state index contributed by atoms with van der Waals surface area (Å²) in [6, 6.07) is 5.84. The third kappa shape index (κ3) is 2.80. The predicted molar refractivity (Wildman–Crippen MR) is 86.4 cm³/mol. The average Bonchev–Trinajstić information content (AvgIpc) is 2.48. The molecule has 116 valence electrons. The van der Waals surface area contributed by atoms with Crippen LogP contribution >= 0.6 is 0 Å². The molecule has 1 aromatic rings. The molecule has 1 spiro atoms. The molecule has 1 aromatic carbocycles. The third-order valence-electron chi connectivity index (χ3n) is 5.38. The Morgan fingerprint density at radius 2 is 2.05 bits per heavy atom. The molecule has 2 nitrogen and oxygen atoms in total. The summed E-state index contributed by atoms with van der Waals surface area (Å²) in [5.74, 6) is -0.0682. The summed E-state index contributed by atoms with van der Waals surface area (Å²) >= 11 is 0. The topological polar surface area (TPSA) is 15.3 Å². The quantitative estimate of drug-likeness (QED) is 0.885. The highest BCUT2D eigenvalue weighted by molar-refractivity contribution is 5.56. The van der Waals surface area contributed by atoms with E-state index in [-0.39, 0.29) is 11.4 Å². The molecule has 1 aliphatic carbocycles. The lowest BCUT2D eigenvalue weighted by Gasteiger charge is -2.51. The fraction of sp³-hybridized carbons (Fsp3) is 0.667. The third-order valence-corrected chi connectivity index (χ3v) is 5.38. The fourth-order valence-corrected chi connectivity index (χ4v) is 4.13. The lowest BCUT2D eigenvalue weighted by Crippen LogP contribution is -2.65. The van der Waals surface area contributed by atoms with Crippen LogP contribution in [0.25, 0.3) is 0 Å². The first-order valence-electron chi connectivity index (χ1n) is 8.42. The molecule has 0 radical (unpaired) electrons. The van der Waals surface area contributed by atoms with Crippen LogP contribution in [0.5, 0.6) is 0 Å². The number of rotatable bonds is 2. The van der Waals surface area contributed by atoms with Gasteiger partial charge < -0.3 is 10.2 Å². The summed E-state index contributed by atoms with van der Waals surface area (Å²) in [4.78, 5) is 2.35. The molecule has 1 unspecified atom stereocenters. The minimum atomic E-state index is -0.0682. The van der Waals surface area contributed by atoms with Crippen LogP contribution < -0.4 is 10.2 Å². The van der Waals surface area contributed by atoms with E-state index in [1.54, 1.807) is 6.07 Å². The summed E-state index contributed by atoms with van der Waals surface area (Å²) in [6.45, 7) is 6.16. The summed E-state index contributed by atoms with van der Waals surface area (Å²) < 4.78 is 14.4. The average molecular weight is 290 g/mol. The zero-order chi connectivity index (χ0) is 14.9. The van der Waals surface area contributed by atoms with Crippen molar-refractivity contribution in [2.75, 3.05) is 18.0 Å². The van der Waals surface area contributed by atoms with Crippen molar-refractivity contribution >= 4 is 5.69 Å². The molecule has 0 amide bonds. The van der Waals surface area contributed by atoms with Gasteiger partial charge in [-0.25, -0.2) is 4.39 Å². The predicted octanol–water partition coefficient (Wildman–Crippen LogP) is 4.03. The van der Waals surface area contributed by atoms with Gasteiger partial charge in [0.15, 0.2) is 0 Å². The molecular weight excluding hydrogens is 263 g/mol. The number of halogens is 1. The second-order valence-electron chi connectivity index (χ2n) is 6.82. The number of nitrogens with one attached hydrogen (secondary N) is 1. The van der Waals surface area contributed by atoms with E-state index < -0.39 is 0 Å². The molecule has 1 saturated carbocycles. The maximum atomic E-state index is 14.4. The van der Waals surface area contributed by atoms with Crippen molar-refractivity contribution in [3.8, 4) is 0 Å². The molecule has 1 aliphatic heterocycles. The minimum absolute atomic E-state index is 0.0682. The lowest BCUT2D eigenvalue weighted by atomic mass is 9.79.